The molecule has 0 aliphatic rings. The summed E-state index contributed by atoms with van der Waals surface area (Å²) >= 11 is 0. The maximum atomic E-state index is 10.7. The molecule has 3 nitrogen and oxygen atoms in total. The molecule has 0 fully saturated rings. The Morgan fingerprint density at radius 2 is 1.58 bits per heavy atom. The molecule has 68 valence electrons. The van der Waals surface area contributed by atoms with Crippen LogP contribution in [0.2, 0.25) is 0 Å². The zero-order valence-electron chi connectivity index (χ0n) is 7.80. The molecule has 0 heterocycles. The van der Waals surface area contributed by atoms with Gasteiger partial charge in [-0.1, -0.05) is 11.8 Å². The van der Waals surface area contributed by atoms with E-state index in [1.165, 1.54) is 27.7 Å². The van der Waals surface area contributed by atoms with Gasteiger partial charge in [0.15, 0.2) is 11.4 Å². The molecule has 12 heavy (non-hydrogen) atoms. The average Bonchev–Trinajstić information content (AvgIpc) is 1.82. The van der Waals surface area contributed by atoms with Crippen molar-refractivity contribution in [1.29, 1.82) is 0 Å². The highest BCUT2D eigenvalue weighted by Crippen LogP contribution is 2.04. The predicted octanol–water partition coefficient (Wildman–Crippen LogP) is 0.101. The molecular formula is C9H14O3. The molecular weight excluding hydrogens is 156 g/mol. The lowest BCUT2D eigenvalue weighted by Crippen LogP contribution is -2.32. The quantitative estimate of drug-likeness (QED) is 0.549. The Balaban J connectivity index is 4.61. The van der Waals surface area contributed by atoms with E-state index < -0.39 is 17.0 Å². The van der Waals surface area contributed by atoms with E-state index in [9.17, 15) is 9.90 Å². The lowest BCUT2D eigenvalue weighted by molar-refractivity contribution is -0.128. The molecule has 3 heteroatoms. The van der Waals surface area contributed by atoms with Crippen LogP contribution in [0, 0.1) is 11.8 Å². The van der Waals surface area contributed by atoms with Crippen molar-refractivity contribution >= 4 is 5.78 Å². The van der Waals surface area contributed by atoms with Crippen LogP contribution in [0.4, 0.5) is 0 Å². The number of hydrogen-bond donors (Lipinski definition) is 2. The molecule has 0 spiro atoms. The number of aliphatic hydroxyl groups is 2. The van der Waals surface area contributed by atoms with E-state index in [0.29, 0.717) is 0 Å². The van der Waals surface area contributed by atoms with Gasteiger partial charge in [-0.15, -0.1) is 0 Å². The van der Waals surface area contributed by atoms with Crippen LogP contribution >= 0.6 is 0 Å². The minimum absolute atomic E-state index is 0.431. The summed E-state index contributed by atoms with van der Waals surface area (Å²) in [7, 11) is 0. The van der Waals surface area contributed by atoms with E-state index in [-0.39, 0.29) is 0 Å². The zero-order valence-corrected chi connectivity index (χ0v) is 7.80. The van der Waals surface area contributed by atoms with Crippen LogP contribution in [-0.4, -0.2) is 27.2 Å². The van der Waals surface area contributed by atoms with Crippen molar-refractivity contribution in [2.24, 2.45) is 0 Å². The van der Waals surface area contributed by atoms with Crippen LogP contribution in [0.25, 0.3) is 0 Å². The minimum Gasteiger partial charge on any atom is -0.378 e. The largest absolute Gasteiger partial charge is 0.378 e. The topological polar surface area (TPSA) is 57.5 Å². The van der Waals surface area contributed by atoms with E-state index in [4.69, 9.17) is 5.11 Å². The third kappa shape index (κ3) is 4.12. The van der Waals surface area contributed by atoms with Gasteiger partial charge in [-0.25, -0.2) is 0 Å². The third-order valence-electron chi connectivity index (χ3n) is 1.30. The van der Waals surface area contributed by atoms with Gasteiger partial charge in [-0.2, -0.15) is 0 Å². The fourth-order valence-corrected chi connectivity index (χ4v) is 0.363. The standard InChI is InChI=1S/C9H14O3/c1-7(10)9(4,12)6-5-8(2,3)11/h11-12H,1-4H3. The first-order valence-corrected chi connectivity index (χ1v) is 3.65. The van der Waals surface area contributed by atoms with E-state index in [1.54, 1.807) is 0 Å². The molecule has 0 aromatic heterocycles. The smallest absolute Gasteiger partial charge is 0.180 e. The van der Waals surface area contributed by atoms with Gasteiger partial charge >= 0.3 is 0 Å². The molecule has 0 aromatic rings. The SMILES string of the molecule is CC(=O)C(C)(O)C#CC(C)(C)O. The van der Waals surface area contributed by atoms with Crippen LogP contribution in [0.15, 0.2) is 0 Å². The Morgan fingerprint density at radius 3 is 1.83 bits per heavy atom. The van der Waals surface area contributed by atoms with Crippen LogP contribution in [0.3, 0.4) is 0 Å². The molecule has 0 aliphatic carbocycles. The molecule has 1 unspecified atom stereocenters. The van der Waals surface area contributed by atoms with Gasteiger partial charge in [0.05, 0.1) is 0 Å². The van der Waals surface area contributed by atoms with E-state index in [2.05, 4.69) is 11.8 Å². The maximum absolute atomic E-state index is 10.7. The van der Waals surface area contributed by atoms with Gasteiger partial charge in [-0.3, -0.25) is 4.79 Å². The molecule has 0 bridgehead atoms. The first-order chi connectivity index (χ1) is 5.15. The Hall–Kier alpha value is -0.850. The van der Waals surface area contributed by atoms with Crippen molar-refractivity contribution in [2.75, 3.05) is 0 Å². The summed E-state index contributed by atoms with van der Waals surface area (Å²) in [6, 6.07) is 0. The molecule has 0 amide bonds. The predicted molar refractivity (Wildman–Crippen MR) is 45.4 cm³/mol. The fraction of sp³-hybridized carbons (Fsp3) is 0.667. The summed E-state index contributed by atoms with van der Waals surface area (Å²) in [5.74, 6) is 4.25. The van der Waals surface area contributed by atoms with Crippen LogP contribution < -0.4 is 0 Å². The molecule has 0 aromatic carbocycles. The van der Waals surface area contributed by atoms with Crippen molar-refractivity contribution < 1.29 is 15.0 Å². The van der Waals surface area contributed by atoms with Gasteiger partial charge in [0.25, 0.3) is 0 Å². The lowest BCUT2D eigenvalue weighted by atomic mass is 10.0. The molecule has 0 rings (SSSR count). The normalized spacial score (nSPS) is 15.8. The lowest BCUT2D eigenvalue weighted by Gasteiger charge is -2.13. The van der Waals surface area contributed by atoms with Gasteiger partial charge in [0, 0.05) is 0 Å². The Labute approximate surface area is 72.4 Å². The second-order valence-electron chi connectivity index (χ2n) is 3.44. The fourth-order valence-electron chi connectivity index (χ4n) is 0.363. The first-order valence-electron chi connectivity index (χ1n) is 3.65. The monoisotopic (exact) mass is 170 g/mol. The minimum atomic E-state index is -1.65. The van der Waals surface area contributed by atoms with Crippen LogP contribution in [0.1, 0.15) is 27.7 Å². The second-order valence-corrected chi connectivity index (χ2v) is 3.44. The molecule has 0 saturated heterocycles. The van der Waals surface area contributed by atoms with Crippen molar-refractivity contribution in [3.05, 3.63) is 0 Å². The number of carbonyl (C=O) groups is 1. The van der Waals surface area contributed by atoms with Gasteiger partial charge in [0.2, 0.25) is 0 Å². The summed E-state index contributed by atoms with van der Waals surface area (Å²) in [6.45, 7) is 5.51. The zero-order chi connectivity index (χ0) is 9.99. The Bertz CT molecular complexity index is 235. The van der Waals surface area contributed by atoms with E-state index in [0.717, 1.165) is 0 Å². The summed E-state index contributed by atoms with van der Waals surface area (Å²) in [6.07, 6.45) is 0. The number of hydrogen-bond acceptors (Lipinski definition) is 3. The number of rotatable bonds is 1. The first kappa shape index (κ1) is 11.2. The van der Waals surface area contributed by atoms with Crippen molar-refractivity contribution in [1.82, 2.24) is 0 Å². The van der Waals surface area contributed by atoms with Crippen molar-refractivity contribution in [2.45, 2.75) is 38.9 Å². The molecule has 0 radical (unpaired) electrons. The Morgan fingerprint density at radius 1 is 1.17 bits per heavy atom. The summed E-state index contributed by atoms with van der Waals surface area (Å²) in [4.78, 5) is 10.7. The molecule has 1 atom stereocenters. The van der Waals surface area contributed by atoms with E-state index in [1.807, 2.05) is 0 Å². The van der Waals surface area contributed by atoms with Crippen molar-refractivity contribution in [3.8, 4) is 11.8 Å². The van der Waals surface area contributed by atoms with Gasteiger partial charge in [0.1, 0.15) is 5.60 Å². The van der Waals surface area contributed by atoms with Crippen molar-refractivity contribution in [3.63, 3.8) is 0 Å². The molecule has 0 saturated carbocycles. The maximum Gasteiger partial charge on any atom is 0.180 e. The summed E-state index contributed by atoms with van der Waals surface area (Å²) in [5.41, 5.74) is -2.83. The average molecular weight is 170 g/mol. The van der Waals surface area contributed by atoms with E-state index >= 15 is 0 Å². The Kier molecular flexibility index (Phi) is 3.03. The second kappa shape index (κ2) is 3.26. The van der Waals surface area contributed by atoms with Gasteiger partial charge < -0.3 is 10.2 Å². The number of ketones is 1. The third-order valence-corrected chi connectivity index (χ3v) is 1.30. The summed E-state index contributed by atoms with van der Waals surface area (Å²) in [5, 5.41) is 18.5. The number of carbonyl (C=O) groups excluding carboxylic acids is 1. The van der Waals surface area contributed by atoms with Crippen LogP contribution in [-0.2, 0) is 4.79 Å². The highest BCUT2D eigenvalue weighted by atomic mass is 16.3. The summed E-state index contributed by atoms with van der Waals surface area (Å²) < 4.78 is 0. The molecule has 2 N–H and O–H groups in total. The highest BCUT2D eigenvalue weighted by Gasteiger charge is 2.23. The number of Topliss-reactive ketones (excluding diaryl/α,β-unsaturated/α-hetero) is 1. The highest BCUT2D eigenvalue weighted by molar-refractivity contribution is 5.87. The van der Waals surface area contributed by atoms with Gasteiger partial charge in [-0.05, 0) is 27.7 Å². The molecule has 0 aliphatic heterocycles. The van der Waals surface area contributed by atoms with Crippen LogP contribution in [0.5, 0.6) is 0 Å².